The number of aromatic nitrogens is 1. The molecule has 0 aliphatic carbocycles. The molecule has 0 aliphatic heterocycles. The van der Waals surface area contributed by atoms with Gasteiger partial charge in [0.15, 0.2) is 0 Å². The third-order valence-corrected chi connectivity index (χ3v) is 3.33. The van der Waals surface area contributed by atoms with Crippen LogP contribution in [0.15, 0.2) is 79.1 Å². The molecule has 0 amide bonds. The fraction of sp³-hybridized carbons (Fsp3) is 0.0556. The summed E-state index contributed by atoms with van der Waals surface area (Å²) in [5.74, 6) is 0. The van der Waals surface area contributed by atoms with Crippen molar-refractivity contribution in [1.29, 1.82) is 0 Å². The van der Waals surface area contributed by atoms with Crippen LogP contribution < -0.4 is 0 Å². The van der Waals surface area contributed by atoms with Crippen LogP contribution in [0.3, 0.4) is 0 Å². The van der Waals surface area contributed by atoms with Gasteiger partial charge in [-0.1, -0.05) is 60.7 Å². The molecule has 2 nitrogen and oxygen atoms in total. The summed E-state index contributed by atoms with van der Waals surface area (Å²) in [6, 6.07) is 21.9. The van der Waals surface area contributed by atoms with Crippen molar-refractivity contribution in [3.63, 3.8) is 0 Å². The Morgan fingerprint density at radius 3 is 2.05 bits per heavy atom. The Morgan fingerprint density at radius 2 is 1.40 bits per heavy atom. The van der Waals surface area contributed by atoms with Crippen molar-refractivity contribution in [3.05, 3.63) is 90.3 Å². The lowest BCUT2D eigenvalue weighted by Crippen LogP contribution is -1.99. The molecule has 0 saturated carbocycles. The van der Waals surface area contributed by atoms with Gasteiger partial charge in [-0.3, -0.25) is 4.98 Å². The van der Waals surface area contributed by atoms with E-state index in [-0.39, 0.29) is 0 Å². The summed E-state index contributed by atoms with van der Waals surface area (Å²) < 4.78 is 0. The molecule has 98 valence electrons. The molecule has 0 spiro atoms. The van der Waals surface area contributed by atoms with Gasteiger partial charge in [-0.2, -0.15) is 0 Å². The molecule has 0 radical (unpaired) electrons. The Hall–Kier alpha value is -2.45. The lowest BCUT2D eigenvalue weighted by Gasteiger charge is -2.11. The van der Waals surface area contributed by atoms with Gasteiger partial charge in [-0.25, -0.2) is 0 Å². The van der Waals surface area contributed by atoms with Crippen LogP contribution in [0.4, 0.5) is 0 Å². The Bertz CT molecular complexity index is 663. The van der Waals surface area contributed by atoms with Gasteiger partial charge in [0.05, 0.1) is 0 Å². The van der Waals surface area contributed by atoms with E-state index in [2.05, 4.69) is 17.1 Å². The Labute approximate surface area is 118 Å². The van der Waals surface area contributed by atoms with Gasteiger partial charge >= 0.3 is 0 Å². The van der Waals surface area contributed by atoms with Gasteiger partial charge in [0.2, 0.25) is 0 Å². The van der Waals surface area contributed by atoms with Crippen molar-refractivity contribution < 1.29 is 5.11 Å². The van der Waals surface area contributed by atoms with E-state index in [9.17, 15) is 5.11 Å². The van der Waals surface area contributed by atoms with Crippen LogP contribution in [0, 0.1) is 0 Å². The zero-order valence-corrected chi connectivity index (χ0v) is 11.0. The normalized spacial score (nSPS) is 12.1. The summed E-state index contributed by atoms with van der Waals surface area (Å²) in [5, 5.41) is 10.3. The number of pyridine rings is 1. The SMILES string of the molecule is OC(c1ccc(-c2ccccc2)cc1)c1cccnc1. The molecule has 0 fully saturated rings. The highest BCUT2D eigenvalue weighted by molar-refractivity contribution is 5.63. The molecule has 3 rings (SSSR count). The Kier molecular flexibility index (Phi) is 3.57. The first-order valence-corrected chi connectivity index (χ1v) is 6.58. The van der Waals surface area contributed by atoms with Crippen LogP contribution in [-0.2, 0) is 0 Å². The summed E-state index contributed by atoms with van der Waals surface area (Å²) in [4.78, 5) is 4.04. The second-order valence-electron chi connectivity index (χ2n) is 4.68. The predicted octanol–water partition coefficient (Wildman–Crippen LogP) is 3.83. The highest BCUT2D eigenvalue weighted by atomic mass is 16.3. The maximum atomic E-state index is 10.3. The molecule has 1 atom stereocenters. The molecule has 2 aromatic carbocycles. The van der Waals surface area contributed by atoms with Crippen LogP contribution in [-0.4, -0.2) is 10.1 Å². The lowest BCUT2D eigenvalue weighted by atomic mass is 9.99. The van der Waals surface area contributed by atoms with Crippen molar-refractivity contribution in [2.75, 3.05) is 0 Å². The van der Waals surface area contributed by atoms with E-state index in [0.717, 1.165) is 16.7 Å². The Balaban J connectivity index is 1.87. The van der Waals surface area contributed by atoms with E-state index in [1.807, 2.05) is 54.6 Å². The quantitative estimate of drug-likeness (QED) is 0.777. The fourth-order valence-electron chi connectivity index (χ4n) is 2.22. The average molecular weight is 261 g/mol. The minimum atomic E-state index is -0.631. The van der Waals surface area contributed by atoms with Gasteiger partial charge in [0, 0.05) is 18.0 Å². The molecule has 1 unspecified atom stereocenters. The third-order valence-electron chi connectivity index (χ3n) is 3.33. The summed E-state index contributed by atoms with van der Waals surface area (Å²) in [7, 11) is 0. The number of aliphatic hydroxyl groups excluding tert-OH is 1. The van der Waals surface area contributed by atoms with E-state index < -0.39 is 6.10 Å². The van der Waals surface area contributed by atoms with Crippen LogP contribution in [0.1, 0.15) is 17.2 Å². The van der Waals surface area contributed by atoms with Crippen molar-refractivity contribution in [1.82, 2.24) is 4.98 Å². The summed E-state index contributed by atoms with van der Waals surface area (Å²) >= 11 is 0. The predicted molar refractivity (Wildman–Crippen MR) is 80.2 cm³/mol. The molecule has 20 heavy (non-hydrogen) atoms. The fourth-order valence-corrected chi connectivity index (χ4v) is 2.22. The van der Waals surface area contributed by atoms with Crippen molar-refractivity contribution in [2.45, 2.75) is 6.10 Å². The summed E-state index contributed by atoms with van der Waals surface area (Å²) in [6.07, 6.45) is 2.76. The average Bonchev–Trinajstić information content (AvgIpc) is 2.56. The zero-order valence-electron chi connectivity index (χ0n) is 11.0. The topological polar surface area (TPSA) is 33.1 Å². The van der Waals surface area contributed by atoms with Crippen LogP contribution in [0.5, 0.6) is 0 Å². The number of benzene rings is 2. The molecule has 1 aromatic heterocycles. The number of rotatable bonds is 3. The molecule has 3 aromatic rings. The molecular formula is C18H15NO. The zero-order chi connectivity index (χ0) is 13.8. The van der Waals surface area contributed by atoms with E-state index >= 15 is 0 Å². The number of nitrogens with zero attached hydrogens (tertiary/aromatic N) is 1. The van der Waals surface area contributed by atoms with Gasteiger partial charge < -0.3 is 5.11 Å². The Morgan fingerprint density at radius 1 is 0.700 bits per heavy atom. The first-order chi connectivity index (χ1) is 9.84. The van der Waals surface area contributed by atoms with Crippen LogP contribution >= 0.6 is 0 Å². The third kappa shape index (κ3) is 2.60. The lowest BCUT2D eigenvalue weighted by molar-refractivity contribution is 0.220. The van der Waals surface area contributed by atoms with Crippen LogP contribution in [0.25, 0.3) is 11.1 Å². The number of hydrogen-bond acceptors (Lipinski definition) is 2. The highest BCUT2D eigenvalue weighted by Crippen LogP contribution is 2.25. The molecule has 1 N–H and O–H groups in total. The number of aliphatic hydroxyl groups is 1. The van der Waals surface area contributed by atoms with Gasteiger partial charge in [-0.15, -0.1) is 0 Å². The van der Waals surface area contributed by atoms with Crippen molar-refractivity contribution in [2.24, 2.45) is 0 Å². The van der Waals surface area contributed by atoms with E-state index in [1.165, 1.54) is 5.56 Å². The minimum Gasteiger partial charge on any atom is -0.384 e. The summed E-state index contributed by atoms with van der Waals surface area (Å²) in [5.41, 5.74) is 4.00. The largest absolute Gasteiger partial charge is 0.384 e. The van der Waals surface area contributed by atoms with E-state index in [4.69, 9.17) is 0 Å². The monoisotopic (exact) mass is 261 g/mol. The first-order valence-electron chi connectivity index (χ1n) is 6.58. The maximum absolute atomic E-state index is 10.3. The van der Waals surface area contributed by atoms with Crippen LogP contribution in [0.2, 0.25) is 0 Å². The molecule has 1 heterocycles. The van der Waals surface area contributed by atoms with Crippen molar-refractivity contribution in [3.8, 4) is 11.1 Å². The molecule has 2 heteroatoms. The molecule has 0 saturated heterocycles. The number of hydrogen-bond donors (Lipinski definition) is 1. The van der Waals surface area contributed by atoms with E-state index in [0.29, 0.717) is 0 Å². The molecular weight excluding hydrogens is 246 g/mol. The summed E-state index contributed by atoms with van der Waals surface area (Å²) in [6.45, 7) is 0. The first kappa shape index (κ1) is 12.6. The van der Waals surface area contributed by atoms with Gasteiger partial charge in [0.1, 0.15) is 6.10 Å². The smallest absolute Gasteiger partial charge is 0.106 e. The van der Waals surface area contributed by atoms with Gasteiger partial charge in [0.25, 0.3) is 0 Å². The second-order valence-corrected chi connectivity index (χ2v) is 4.68. The van der Waals surface area contributed by atoms with Crippen molar-refractivity contribution >= 4 is 0 Å². The second kappa shape index (κ2) is 5.68. The molecule has 0 aliphatic rings. The van der Waals surface area contributed by atoms with E-state index in [1.54, 1.807) is 12.4 Å². The minimum absolute atomic E-state index is 0.631. The van der Waals surface area contributed by atoms with Gasteiger partial charge in [-0.05, 0) is 22.8 Å². The standard InChI is InChI=1S/C18H15NO/c20-18(17-7-4-12-19-13-17)16-10-8-15(9-11-16)14-5-2-1-3-6-14/h1-13,18,20H. The molecule has 0 bridgehead atoms. The highest BCUT2D eigenvalue weighted by Gasteiger charge is 2.10. The maximum Gasteiger partial charge on any atom is 0.106 e.